The largest absolute Gasteiger partial charge is 0.381 e. The van der Waals surface area contributed by atoms with Crippen molar-refractivity contribution in [2.75, 3.05) is 19.8 Å². The summed E-state index contributed by atoms with van der Waals surface area (Å²) >= 11 is 0. The molecule has 1 spiro atoms. The summed E-state index contributed by atoms with van der Waals surface area (Å²) in [5, 5.41) is 5.50. The molecule has 0 saturated carbocycles. The molecule has 2 heterocycles. The second kappa shape index (κ2) is 7.23. The van der Waals surface area contributed by atoms with Gasteiger partial charge < -0.3 is 15.4 Å². The Kier molecular flexibility index (Phi) is 5.03. The second-order valence-electron chi connectivity index (χ2n) is 6.46. The van der Waals surface area contributed by atoms with E-state index in [0.717, 1.165) is 16.9 Å². The van der Waals surface area contributed by atoms with E-state index >= 15 is 0 Å². The predicted octanol–water partition coefficient (Wildman–Crippen LogP) is 0.966. The highest BCUT2D eigenvalue weighted by atomic mass is 16.5. The molecule has 0 unspecified atom stereocenters. The number of carbonyl (C=O) groups excluding carboxylic acids is 3. The van der Waals surface area contributed by atoms with Crippen LogP contribution >= 0.6 is 0 Å². The molecule has 2 aliphatic rings. The smallest absolute Gasteiger partial charge is 0.325 e. The summed E-state index contributed by atoms with van der Waals surface area (Å²) < 4.78 is 5.26. The average Bonchev–Trinajstić information content (AvgIpc) is 2.85. The molecule has 0 bridgehead atoms. The molecule has 7 heteroatoms. The highest BCUT2D eigenvalue weighted by molar-refractivity contribution is 6.09. The van der Waals surface area contributed by atoms with Crippen molar-refractivity contribution < 1.29 is 19.1 Å². The Morgan fingerprint density at radius 3 is 2.48 bits per heavy atom. The zero-order valence-corrected chi connectivity index (χ0v) is 14.3. The van der Waals surface area contributed by atoms with Gasteiger partial charge in [-0.05, 0) is 17.5 Å². The minimum absolute atomic E-state index is 0.264. The molecule has 3 rings (SSSR count). The number of rotatable bonds is 5. The number of nitrogens with zero attached hydrogens (tertiary/aromatic N) is 1. The summed E-state index contributed by atoms with van der Waals surface area (Å²) in [4.78, 5) is 37.8. The van der Waals surface area contributed by atoms with E-state index in [4.69, 9.17) is 4.74 Å². The standard InChI is InChI=1S/C18H23N3O4/c1-2-13-3-5-14(6-4-13)11-19-15(22)12-21-16(23)18(20-17(21)24)7-9-25-10-8-18/h3-6H,2,7-12H2,1H3,(H,19,22)(H,20,24). The van der Waals surface area contributed by atoms with E-state index < -0.39 is 11.6 Å². The molecule has 0 atom stereocenters. The summed E-state index contributed by atoms with van der Waals surface area (Å²) in [6, 6.07) is 7.46. The van der Waals surface area contributed by atoms with Crippen LogP contribution in [0.5, 0.6) is 0 Å². The molecule has 2 saturated heterocycles. The fourth-order valence-corrected chi connectivity index (χ4v) is 3.17. The van der Waals surface area contributed by atoms with Crippen LogP contribution in [0.15, 0.2) is 24.3 Å². The van der Waals surface area contributed by atoms with E-state index in [9.17, 15) is 14.4 Å². The highest BCUT2D eigenvalue weighted by Gasteiger charge is 2.52. The van der Waals surface area contributed by atoms with Crippen LogP contribution in [0.2, 0.25) is 0 Å². The van der Waals surface area contributed by atoms with Gasteiger partial charge in [-0.2, -0.15) is 0 Å². The van der Waals surface area contributed by atoms with E-state index in [-0.39, 0.29) is 18.4 Å². The summed E-state index contributed by atoms with van der Waals surface area (Å²) in [7, 11) is 0. The van der Waals surface area contributed by atoms with Crippen molar-refractivity contribution >= 4 is 17.8 Å². The number of ether oxygens (including phenoxy) is 1. The maximum Gasteiger partial charge on any atom is 0.325 e. The van der Waals surface area contributed by atoms with Crippen molar-refractivity contribution in [3.63, 3.8) is 0 Å². The van der Waals surface area contributed by atoms with Crippen LogP contribution < -0.4 is 10.6 Å². The lowest BCUT2D eigenvalue weighted by atomic mass is 9.90. The zero-order valence-electron chi connectivity index (χ0n) is 14.3. The molecule has 2 N–H and O–H groups in total. The van der Waals surface area contributed by atoms with Crippen molar-refractivity contribution in [3.8, 4) is 0 Å². The number of hydrogen-bond acceptors (Lipinski definition) is 4. The van der Waals surface area contributed by atoms with E-state index in [1.54, 1.807) is 0 Å². The Bertz CT molecular complexity index is 665. The lowest BCUT2D eigenvalue weighted by molar-refractivity contribution is -0.137. The van der Waals surface area contributed by atoms with Gasteiger partial charge in [-0.15, -0.1) is 0 Å². The van der Waals surface area contributed by atoms with E-state index in [1.807, 2.05) is 24.3 Å². The van der Waals surface area contributed by atoms with Crippen LogP contribution in [-0.2, 0) is 27.3 Å². The van der Waals surface area contributed by atoms with Gasteiger partial charge in [0.2, 0.25) is 5.91 Å². The van der Waals surface area contributed by atoms with Crippen LogP contribution in [0, 0.1) is 0 Å². The number of aryl methyl sites for hydroxylation is 1. The minimum Gasteiger partial charge on any atom is -0.381 e. The second-order valence-corrected chi connectivity index (χ2v) is 6.46. The summed E-state index contributed by atoms with van der Waals surface area (Å²) in [6.45, 7) is 3.05. The number of carbonyl (C=O) groups is 3. The van der Waals surface area contributed by atoms with E-state index in [1.165, 1.54) is 5.56 Å². The summed E-state index contributed by atoms with van der Waals surface area (Å²) in [5.41, 5.74) is 1.31. The maximum absolute atomic E-state index is 12.6. The number of urea groups is 1. The topological polar surface area (TPSA) is 87.7 Å². The Hall–Kier alpha value is -2.41. The number of nitrogens with one attached hydrogen (secondary N) is 2. The Morgan fingerprint density at radius 2 is 1.84 bits per heavy atom. The molecule has 4 amide bonds. The molecule has 0 radical (unpaired) electrons. The minimum atomic E-state index is -0.897. The van der Waals surface area contributed by atoms with Gasteiger partial charge in [-0.3, -0.25) is 14.5 Å². The third kappa shape index (κ3) is 3.66. The van der Waals surface area contributed by atoms with Gasteiger partial charge in [-0.1, -0.05) is 31.2 Å². The molecule has 1 aromatic carbocycles. The Balaban J connectivity index is 1.55. The molecule has 25 heavy (non-hydrogen) atoms. The fourth-order valence-electron chi connectivity index (χ4n) is 3.17. The monoisotopic (exact) mass is 345 g/mol. The van der Waals surface area contributed by atoms with Crippen LogP contribution in [-0.4, -0.2) is 48.0 Å². The van der Waals surface area contributed by atoms with Crippen molar-refractivity contribution in [2.24, 2.45) is 0 Å². The first-order valence-corrected chi connectivity index (χ1v) is 8.60. The van der Waals surface area contributed by atoms with Gasteiger partial charge in [0, 0.05) is 32.6 Å². The van der Waals surface area contributed by atoms with Gasteiger partial charge in [0.25, 0.3) is 5.91 Å². The molecule has 0 aliphatic carbocycles. The molecule has 134 valence electrons. The lowest BCUT2D eigenvalue weighted by Gasteiger charge is -2.30. The first-order valence-electron chi connectivity index (χ1n) is 8.60. The first-order chi connectivity index (χ1) is 12.0. The summed E-state index contributed by atoms with van der Waals surface area (Å²) in [5.74, 6) is -0.685. The number of imide groups is 1. The third-order valence-electron chi connectivity index (χ3n) is 4.81. The van der Waals surface area contributed by atoms with Crippen LogP contribution in [0.1, 0.15) is 30.9 Å². The highest BCUT2D eigenvalue weighted by Crippen LogP contribution is 2.28. The maximum atomic E-state index is 12.6. The van der Waals surface area contributed by atoms with Gasteiger partial charge in [-0.25, -0.2) is 4.79 Å². The van der Waals surface area contributed by atoms with Crippen molar-refractivity contribution in [2.45, 2.75) is 38.3 Å². The van der Waals surface area contributed by atoms with Crippen LogP contribution in [0.25, 0.3) is 0 Å². The zero-order chi connectivity index (χ0) is 17.9. The van der Waals surface area contributed by atoms with Gasteiger partial charge in [0.1, 0.15) is 12.1 Å². The van der Waals surface area contributed by atoms with Crippen molar-refractivity contribution in [1.82, 2.24) is 15.5 Å². The molecule has 2 aliphatic heterocycles. The van der Waals surface area contributed by atoms with Crippen molar-refractivity contribution in [1.29, 1.82) is 0 Å². The summed E-state index contributed by atoms with van der Waals surface area (Å²) in [6.07, 6.45) is 1.85. The average molecular weight is 345 g/mol. The number of hydrogen-bond donors (Lipinski definition) is 2. The normalized spacial score (nSPS) is 19.2. The van der Waals surface area contributed by atoms with Crippen molar-refractivity contribution in [3.05, 3.63) is 35.4 Å². The lowest BCUT2D eigenvalue weighted by Crippen LogP contribution is -2.51. The molecular formula is C18H23N3O4. The van der Waals surface area contributed by atoms with E-state index in [2.05, 4.69) is 17.6 Å². The van der Waals surface area contributed by atoms with Gasteiger partial charge in [0.05, 0.1) is 0 Å². The third-order valence-corrected chi connectivity index (χ3v) is 4.81. The molecule has 7 nitrogen and oxygen atoms in total. The van der Waals surface area contributed by atoms with E-state index in [0.29, 0.717) is 32.6 Å². The molecule has 2 fully saturated rings. The number of amides is 4. The van der Waals surface area contributed by atoms with Gasteiger partial charge in [0.15, 0.2) is 0 Å². The molecule has 0 aromatic heterocycles. The number of benzene rings is 1. The van der Waals surface area contributed by atoms with Crippen LogP contribution in [0.3, 0.4) is 0 Å². The SMILES string of the molecule is CCc1ccc(CNC(=O)CN2C(=O)NC3(CCOCC3)C2=O)cc1. The van der Waals surface area contributed by atoms with Crippen LogP contribution in [0.4, 0.5) is 4.79 Å². The quantitative estimate of drug-likeness (QED) is 0.779. The first kappa shape index (κ1) is 17.4. The van der Waals surface area contributed by atoms with Gasteiger partial charge >= 0.3 is 6.03 Å². The Morgan fingerprint density at radius 1 is 1.20 bits per heavy atom. The predicted molar refractivity (Wildman–Crippen MR) is 90.7 cm³/mol. The fraction of sp³-hybridized carbons (Fsp3) is 0.500. The molecular weight excluding hydrogens is 322 g/mol. The molecule has 1 aromatic rings. The Labute approximate surface area is 146 Å².